The molecule has 4 nitrogen and oxygen atoms in total. The van der Waals surface area contributed by atoms with E-state index in [1.807, 2.05) is 0 Å². The minimum absolute atomic E-state index is 0.0405. The van der Waals surface area contributed by atoms with E-state index >= 15 is 0 Å². The lowest BCUT2D eigenvalue weighted by Crippen LogP contribution is -2.18. The van der Waals surface area contributed by atoms with Gasteiger partial charge in [0.2, 0.25) is 0 Å². The number of nitrogens with zero attached hydrogens (tertiary/aromatic N) is 1. The molecule has 1 aromatic carbocycles. The number of carbonyl (C=O) groups excluding carboxylic acids is 1. The molecule has 0 heterocycles. The predicted molar refractivity (Wildman–Crippen MR) is 58.8 cm³/mol. The highest BCUT2D eigenvalue weighted by Crippen LogP contribution is 2.33. The quantitative estimate of drug-likeness (QED) is 0.802. The van der Waals surface area contributed by atoms with Crippen molar-refractivity contribution in [1.29, 1.82) is 5.26 Å². The molecule has 0 bridgehead atoms. The Labute approximate surface area is 111 Å². The maximum Gasteiger partial charge on any atom is 0.573 e. The maximum absolute atomic E-state index is 12.2. The first kappa shape index (κ1) is 15.1. The zero-order chi connectivity index (χ0) is 14.6. The summed E-state index contributed by atoms with van der Waals surface area (Å²) in [6.45, 7) is 1.57. The standard InChI is InChI=1S/C11H7ClF3NO3/c1-2-18-10(17)6-3-7(5-16)9(12)8(4-6)19-11(13,14)15/h3-4H,2H2,1H3. The molecule has 1 rings (SSSR count). The average Bonchev–Trinajstić information content (AvgIpc) is 2.30. The molecule has 0 spiro atoms. The van der Waals surface area contributed by atoms with Crippen LogP contribution in [-0.2, 0) is 4.74 Å². The molecule has 0 aliphatic heterocycles. The van der Waals surface area contributed by atoms with Crippen LogP contribution in [-0.4, -0.2) is 18.9 Å². The molecule has 0 saturated carbocycles. The predicted octanol–water partition coefficient (Wildman–Crippen LogP) is 3.29. The van der Waals surface area contributed by atoms with Gasteiger partial charge in [0.05, 0.1) is 17.7 Å². The Kier molecular flexibility index (Phi) is 4.62. The third kappa shape index (κ3) is 4.03. The van der Waals surface area contributed by atoms with Crippen molar-refractivity contribution in [2.75, 3.05) is 6.61 Å². The van der Waals surface area contributed by atoms with E-state index in [9.17, 15) is 18.0 Å². The monoisotopic (exact) mass is 293 g/mol. The van der Waals surface area contributed by atoms with E-state index in [1.54, 1.807) is 6.07 Å². The average molecular weight is 294 g/mol. The van der Waals surface area contributed by atoms with Crippen molar-refractivity contribution < 1.29 is 27.4 Å². The summed E-state index contributed by atoms with van der Waals surface area (Å²) in [4.78, 5) is 11.4. The molecule has 102 valence electrons. The van der Waals surface area contributed by atoms with Gasteiger partial charge < -0.3 is 9.47 Å². The van der Waals surface area contributed by atoms with Gasteiger partial charge in [-0.1, -0.05) is 11.6 Å². The van der Waals surface area contributed by atoms with E-state index < -0.39 is 23.1 Å². The molecule has 0 radical (unpaired) electrons. The Morgan fingerprint density at radius 1 is 1.47 bits per heavy atom. The summed E-state index contributed by atoms with van der Waals surface area (Å²) >= 11 is 5.57. The molecule has 0 atom stereocenters. The van der Waals surface area contributed by atoms with Crippen molar-refractivity contribution in [3.05, 3.63) is 28.3 Å². The highest BCUT2D eigenvalue weighted by atomic mass is 35.5. The highest BCUT2D eigenvalue weighted by Gasteiger charge is 2.33. The van der Waals surface area contributed by atoms with E-state index in [0.717, 1.165) is 12.1 Å². The van der Waals surface area contributed by atoms with Crippen LogP contribution >= 0.6 is 11.6 Å². The number of hydrogen-bond donors (Lipinski definition) is 0. The zero-order valence-electron chi connectivity index (χ0n) is 9.55. The number of rotatable bonds is 3. The molecule has 1 aromatic rings. The number of nitriles is 1. The topological polar surface area (TPSA) is 59.3 Å². The molecule has 0 saturated heterocycles. The molecule has 19 heavy (non-hydrogen) atoms. The lowest BCUT2D eigenvalue weighted by molar-refractivity contribution is -0.274. The smallest absolute Gasteiger partial charge is 0.462 e. The van der Waals surface area contributed by atoms with Gasteiger partial charge in [0, 0.05) is 0 Å². The number of hydrogen-bond acceptors (Lipinski definition) is 4. The van der Waals surface area contributed by atoms with Gasteiger partial charge in [-0.3, -0.25) is 0 Å². The van der Waals surface area contributed by atoms with Gasteiger partial charge >= 0.3 is 12.3 Å². The highest BCUT2D eigenvalue weighted by molar-refractivity contribution is 6.33. The molecule has 8 heteroatoms. The molecular weight excluding hydrogens is 287 g/mol. The van der Waals surface area contributed by atoms with Crippen LogP contribution in [0.2, 0.25) is 5.02 Å². The van der Waals surface area contributed by atoms with Crippen molar-refractivity contribution >= 4 is 17.6 Å². The SMILES string of the molecule is CCOC(=O)c1cc(C#N)c(Cl)c(OC(F)(F)F)c1. The largest absolute Gasteiger partial charge is 0.573 e. The molecule has 0 unspecified atom stereocenters. The Morgan fingerprint density at radius 2 is 2.11 bits per heavy atom. The van der Waals surface area contributed by atoms with Crippen LogP contribution in [0.5, 0.6) is 5.75 Å². The Morgan fingerprint density at radius 3 is 2.58 bits per heavy atom. The molecular formula is C11H7ClF3NO3. The van der Waals surface area contributed by atoms with E-state index in [1.165, 1.54) is 6.92 Å². The number of benzene rings is 1. The van der Waals surface area contributed by atoms with Crippen LogP contribution in [0.4, 0.5) is 13.2 Å². The normalized spacial score (nSPS) is 10.7. The van der Waals surface area contributed by atoms with E-state index in [2.05, 4.69) is 9.47 Å². The van der Waals surface area contributed by atoms with Crippen LogP contribution < -0.4 is 4.74 Å². The van der Waals surface area contributed by atoms with Gasteiger partial charge in [0.15, 0.2) is 0 Å². The first-order valence-corrected chi connectivity index (χ1v) is 5.32. The first-order valence-electron chi connectivity index (χ1n) is 4.95. The Balaban J connectivity index is 3.27. The summed E-state index contributed by atoms with van der Waals surface area (Å²) in [6, 6.07) is 3.38. The lowest BCUT2D eigenvalue weighted by atomic mass is 10.1. The second kappa shape index (κ2) is 5.80. The number of esters is 1. The van der Waals surface area contributed by atoms with E-state index in [0.29, 0.717) is 0 Å². The summed E-state index contributed by atoms with van der Waals surface area (Å²) in [5.74, 6) is -1.70. The molecule has 0 amide bonds. The van der Waals surface area contributed by atoms with Gasteiger partial charge in [-0.05, 0) is 19.1 Å². The summed E-state index contributed by atoms with van der Waals surface area (Å²) < 4.78 is 44.8. The van der Waals surface area contributed by atoms with Crippen LogP contribution in [0.1, 0.15) is 22.8 Å². The third-order valence-electron chi connectivity index (χ3n) is 1.90. The summed E-state index contributed by atoms with van der Waals surface area (Å²) in [5, 5.41) is 8.23. The van der Waals surface area contributed by atoms with Crippen LogP contribution in [0.15, 0.2) is 12.1 Å². The fraction of sp³-hybridized carbons (Fsp3) is 0.273. The number of halogens is 4. The molecule has 0 aromatic heterocycles. The fourth-order valence-corrected chi connectivity index (χ4v) is 1.40. The second-order valence-corrected chi connectivity index (χ2v) is 3.59. The van der Waals surface area contributed by atoms with Gasteiger partial charge in [-0.25, -0.2) is 4.79 Å². The number of ether oxygens (including phenoxy) is 2. The second-order valence-electron chi connectivity index (χ2n) is 3.22. The maximum atomic E-state index is 12.2. The van der Waals surface area contributed by atoms with Crippen molar-refractivity contribution in [2.24, 2.45) is 0 Å². The molecule has 0 aliphatic carbocycles. The van der Waals surface area contributed by atoms with Gasteiger partial charge in [-0.2, -0.15) is 5.26 Å². The Hall–Kier alpha value is -1.94. The van der Waals surface area contributed by atoms with Crippen LogP contribution in [0.25, 0.3) is 0 Å². The van der Waals surface area contributed by atoms with Gasteiger partial charge in [-0.15, -0.1) is 13.2 Å². The van der Waals surface area contributed by atoms with E-state index in [4.69, 9.17) is 16.9 Å². The van der Waals surface area contributed by atoms with Gasteiger partial charge in [0.25, 0.3) is 0 Å². The van der Waals surface area contributed by atoms with Crippen LogP contribution in [0.3, 0.4) is 0 Å². The minimum atomic E-state index is -4.98. The summed E-state index contributed by atoms with van der Waals surface area (Å²) in [5.41, 5.74) is -0.562. The van der Waals surface area contributed by atoms with Crippen molar-refractivity contribution in [3.63, 3.8) is 0 Å². The minimum Gasteiger partial charge on any atom is -0.462 e. The summed E-state index contributed by atoms with van der Waals surface area (Å²) in [7, 11) is 0. The summed E-state index contributed by atoms with van der Waals surface area (Å²) in [6.07, 6.45) is -4.98. The fourth-order valence-electron chi connectivity index (χ4n) is 1.21. The molecule has 0 fully saturated rings. The van der Waals surface area contributed by atoms with Crippen molar-refractivity contribution in [3.8, 4) is 11.8 Å². The number of alkyl halides is 3. The first-order chi connectivity index (χ1) is 8.78. The van der Waals surface area contributed by atoms with Crippen molar-refractivity contribution in [1.82, 2.24) is 0 Å². The van der Waals surface area contributed by atoms with Crippen LogP contribution in [0, 0.1) is 11.3 Å². The lowest BCUT2D eigenvalue weighted by Gasteiger charge is -2.12. The molecule has 0 aliphatic rings. The number of carbonyl (C=O) groups is 1. The van der Waals surface area contributed by atoms with E-state index in [-0.39, 0.29) is 17.7 Å². The third-order valence-corrected chi connectivity index (χ3v) is 2.29. The Bertz CT molecular complexity index is 537. The van der Waals surface area contributed by atoms with Crippen molar-refractivity contribution in [2.45, 2.75) is 13.3 Å². The van der Waals surface area contributed by atoms with Gasteiger partial charge in [0.1, 0.15) is 16.8 Å². The molecule has 0 N–H and O–H groups in total. The zero-order valence-corrected chi connectivity index (χ0v) is 10.3.